The molecule has 2 aromatic carbocycles. The number of nitrogens with zero attached hydrogens (tertiary/aromatic N) is 3. The second-order valence-electron chi connectivity index (χ2n) is 7.00. The van der Waals surface area contributed by atoms with Gasteiger partial charge in [0, 0.05) is 11.3 Å². The quantitative estimate of drug-likeness (QED) is 0.388. The average Bonchev–Trinajstić information content (AvgIpc) is 3.45. The molecule has 0 bridgehead atoms. The second kappa shape index (κ2) is 9.69. The molecule has 9 heteroatoms. The van der Waals surface area contributed by atoms with E-state index in [1.54, 1.807) is 32.4 Å². The Balaban J connectivity index is 1.54. The monoisotopic (exact) mass is 452 g/mol. The van der Waals surface area contributed by atoms with Gasteiger partial charge in [0.2, 0.25) is 5.91 Å². The summed E-state index contributed by atoms with van der Waals surface area (Å²) >= 11 is 1.24. The van der Waals surface area contributed by atoms with Crippen LogP contribution in [0.1, 0.15) is 11.3 Å². The van der Waals surface area contributed by atoms with Crippen molar-refractivity contribution in [3.63, 3.8) is 0 Å². The lowest BCUT2D eigenvalue weighted by Crippen LogP contribution is -2.15. The van der Waals surface area contributed by atoms with Crippen molar-refractivity contribution in [3.05, 3.63) is 78.0 Å². The Labute approximate surface area is 188 Å². The first kappa shape index (κ1) is 21.6. The first-order valence-corrected chi connectivity index (χ1v) is 10.8. The summed E-state index contributed by atoms with van der Waals surface area (Å²) in [7, 11) is 1.60. The summed E-state index contributed by atoms with van der Waals surface area (Å²) in [6, 6.07) is 15.8. The minimum Gasteiger partial charge on any atom is -0.497 e. The number of carbonyl (C=O) groups is 1. The zero-order chi connectivity index (χ0) is 22.5. The summed E-state index contributed by atoms with van der Waals surface area (Å²) in [6.45, 7) is 2.07. The van der Waals surface area contributed by atoms with Crippen LogP contribution in [0.25, 0.3) is 11.4 Å². The predicted molar refractivity (Wildman–Crippen MR) is 120 cm³/mol. The van der Waals surface area contributed by atoms with Crippen molar-refractivity contribution >= 4 is 23.4 Å². The van der Waals surface area contributed by atoms with Crippen LogP contribution in [0.2, 0.25) is 0 Å². The van der Waals surface area contributed by atoms with Gasteiger partial charge in [-0.3, -0.25) is 9.36 Å². The minimum absolute atomic E-state index is 0.0872. The lowest BCUT2D eigenvalue weighted by Gasteiger charge is -2.10. The van der Waals surface area contributed by atoms with E-state index >= 15 is 0 Å². The van der Waals surface area contributed by atoms with Crippen LogP contribution in [-0.2, 0) is 11.3 Å². The van der Waals surface area contributed by atoms with Crippen LogP contribution in [0.15, 0.2) is 70.4 Å². The summed E-state index contributed by atoms with van der Waals surface area (Å²) in [4.78, 5) is 12.4. The molecule has 4 rings (SSSR count). The number of aryl methyl sites for hydroxylation is 1. The third-order valence-corrected chi connectivity index (χ3v) is 5.69. The van der Waals surface area contributed by atoms with Gasteiger partial charge in [0.1, 0.15) is 17.3 Å². The molecule has 0 fully saturated rings. The molecule has 0 saturated heterocycles. The summed E-state index contributed by atoms with van der Waals surface area (Å²) in [5.74, 6) is 1.52. The van der Waals surface area contributed by atoms with Gasteiger partial charge in [-0.05, 0) is 48.9 Å². The molecule has 7 nitrogen and oxygen atoms in total. The number of hydrogen-bond donors (Lipinski definition) is 1. The van der Waals surface area contributed by atoms with Crippen molar-refractivity contribution in [3.8, 4) is 17.1 Å². The van der Waals surface area contributed by atoms with E-state index in [1.165, 1.54) is 17.8 Å². The van der Waals surface area contributed by atoms with Crippen molar-refractivity contribution in [1.82, 2.24) is 14.8 Å². The highest BCUT2D eigenvalue weighted by Crippen LogP contribution is 2.27. The maximum absolute atomic E-state index is 13.7. The first-order chi connectivity index (χ1) is 15.5. The van der Waals surface area contributed by atoms with Gasteiger partial charge < -0.3 is 14.5 Å². The van der Waals surface area contributed by atoms with Crippen molar-refractivity contribution < 1.29 is 18.3 Å². The van der Waals surface area contributed by atoms with E-state index in [4.69, 9.17) is 9.15 Å². The fraction of sp³-hybridized carbons (Fsp3) is 0.174. The van der Waals surface area contributed by atoms with Gasteiger partial charge in [0.05, 0.1) is 25.7 Å². The van der Waals surface area contributed by atoms with Gasteiger partial charge >= 0.3 is 0 Å². The number of nitrogens with one attached hydrogen (secondary N) is 1. The number of benzene rings is 2. The fourth-order valence-corrected chi connectivity index (χ4v) is 3.81. The predicted octanol–water partition coefficient (Wildman–Crippen LogP) is 4.77. The number of methoxy groups -OCH3 is 1. The van der Waals surface area contributed by atoms with Gasteiger partial charge in [-0.15, -0.1) is 10.2 Å². The molecule has 0 unspecified atom stereocenters. The SMILES string of the molecule is COc1cccc(-c2nnc(SCC(=O)Nc3ccc(C)c(F)c3)n2Cc2ccco2)c1. The number of furan rings is 1. The standard InChI is InChI=1S/C23H21FN4O3S/c1-15-8-9-17(12-20(15)24)25-21(29)14-32-23-27-26-22(16-5-3-6-18(11-16)30-2)28(23)13-19-7-4-10-31-19/h3-12H,13-14H2,1-2H3,(H,25,29). The minimum atomic E-state index is -0.364. The van der Waals surface area contributed by atoms with Gasteiger partial charge in [-0.25, -0.2) is 4.39 Å². The molecule has 0 saturated carbocycles. The van der Waals surface area contributed by atoms with E-state index in [9.17, 15) is 9.18 Å². The van der Waals surface area contributed by atoms with Gasteiger partial charge in [0.25, 0.3) is 0 Å². The van der Waals surface area contributed by atoms with Crippen LogP contribution in [0, 0.1) is 12.7 Å². The number of amides is 1. The van der Waals surface area contributed by atoms with E-state index in [1.807, 2.05) is 41.0 Å². The molecular weight excluding hydrogens is 431 g/mol. The van der Waals surface area contributed by atoms with Crippen molar-refractivity contribution in [2.75, 3.05) is 18.2 Å². The number of thioether (sulfide) groups is 1. The van der Waals surface area contributed by atoms with Crippen LogP contribution in [0.4, 0.5) is 10.1 Å². The molecule has 32 heavy (non-hydrogen) atoms. The molecular formula is C23H21FN4O3S. The number of carbonyl (C=O) groups excluding carboxylic acids is 1. The van der Waals surface area contributed by atoms with Gasteiger partial charge in [-0.2, -0.15) is 0 Å². The maximum atomic E-state index is 13.7. The fourth-order valence-electron chi connectivity index (χ4n) is 3.07. The molecule has 1 amide bonds. The third kappa shape index (κ3) is 5.00. The molecule has 0 aliphatic heterocycles. The van der Waals surface area contributed by atoms with Crippen LogP contribution < -0.4 is 10.1 Å². The number of rotatable bonds is 8. The molecule has 0 radical (unpaired) electrons. The first-order valence-electron chi connectivity index (χ1n) is 9.82. The number of anilines is 1. The van der Waals surface area contributed by atoms with Crippen molar-refractivity contribution in [2.45, 2.75) is 18.6 Å². The number of halogens is 1. The highest BCUT2D eigenvalue weighted by molar-refractivity contribution is 7.99. The number of hydrogen-bond acceptors (Lipinski definition) is 6. The summed E-state index contributed by atoms with van der Waals surface area (Å²) < 4.78 is 26.4. The average molecular weight is 453 g/mol. The molecule has 2 aromatic heterocycles. The molecule has 4 aromatic rings. The molecule has 0 aliphatic rings. The van der Waals surface area contributed by atoms with Gasteiger partial charge in [-0.1, -0.05) is 30.0 Å². The highest BCUT2D eigenvalue weighted by atomic mass is 32.2. The largest absolute Gasteiger partial charge is 0.497 e. The Kier molecular flexibility index (Phi) is 6.55. The van der Waals surface area contributed by atoms with Crippen LogP contribution in [0.3, 0.4) is 0 Å². The zero-order valence-corrected chi connectivity index (χ0v) is 18.4. The van der Waals surface area contributed by atoms with Gasteiger partial charge in [0.15, 0.2) is 11.0 Å². The molecule has 2 heterocycles. The smallest absolute Gasteiger partial charge is 0.234 e. The zero-order valence-electron chi connectivity index (χ0n) is 17.5. The van der Waals surface area contributed by atoms with Crippen LogP contribution in [0.5, 0.6) is 5.75 Å². The van der Waals surface area contributed by atoms with Crippen LogP contribution >= 0.6 is 11.8 Å². The Bertz CT molecular complexity index is 1220. The number of ether oxygens (including phenoxy) is 1. The summed E-state index contributed by atoms with van der Waals surface area (Å²) in [5.41, 5.74) is 1.76. The van der Waals surface area contributed by atoms with Crippen molar-refractivity contribution in [1.29, 1.82) is 0 Å². The molecule has 0 atom stereocenters. The Hall–Kier alpha value is -3.59. The van der Waals surface area contributed by atoms with Crippen LogP contribution in [-0.4, -0.2) is 33.5 Å². The Morgan fingerprint density at radius 3 is 2.81 bits per heavy atom. The summed E-state index contributed by atoms with van der Waals surface area (Å²) in [6.07, 6.45) is 1.60. The third-order valence-electron chi connectivity index (χ3n) is 4.73. The Morgan fingerprint density at radius 2 is 2.06 bits per heavy atom. The van der Waals surface area contributed by atoms with Crippen molar-refractivity contribution in [2.24, 2.45) is 0 Å². The molecule has 0 aliphatic carbocycles. The molecule has 0 spiro atoms. The van der Waals surface area contributed by atoms with E-state index in [2.05, 4.69) is 15.5 Å². The van der Waals surface area contributed by atoms with E-state index in [0.29, 0.717) is 34.5 Å². The second-order valence-corrected chi connectivity index (χ2v) is 7.95. The van der Waals surface area contributed by atoms with E-state index in [0.717, 1.165) is 11.3 Å². The Morgan fingerprint density at radius 1 is 1.19 bits per heavy atom. The molecule has 164 valence electrons. The maximum Gasteiger partial charge on any atom is 0.234 e. The molecule has 1 N–H and O–H groups in total. The summed E-state index contributed by atoms with van der Waals surface area (Å²) in [5, 5.41) is 11.9. The van der Waals surface area contributed by atoms with E-state index in [-0.39, 0.29) is 17.5 Å². The normalized spacial score (nSPS) is 10.8. The topological polar surface area (TPSA) is 82.2 Å². The lowest BCUT2D eigenvalue weighted by molar-refractivity contribution is -0.113. The number of aromatic nitrogens is 3. The van der Waals surface area contributed by atoms with E-state index < -0.39 is 0 Å². The highest BCUT2D eigenvalue weighted by Gasteiger charge is 2.17. The lowest BCUT2D eigenvalue weighted by atomic mass is 10.2.